The standard InChI is InChI=1S/C18H30N2O2S/c1-6-8-14-20-12(2)15(23-14)17(21)19-11-13-9-7-10-22-16(13)18(3,4)5/h13,16H,6-11H2,1-5H3,(H,19,21). The van der Waals surface area contributed by atoms with Crippen LogP contribution in [-0.2, 0) is 11.2 Å². The lowest BCUT2D eigenvalue weighted by Crippen LogP contribution is -2.45. The molecule has 2 rings (SSSR count). The molecule has 1 fully saturated rings. The van der Waals surface area contributed by atoms with E-state index in [0.29, 0.717) is 12.5 Å². The van der Waals surface area contributed by atoms with Crippen LogP contribution in [0.5, 0.6) is 0 Å². The monoisotopic (exact) mass is 338 g/mol. The van der Waals surface area contributed by atoms with Crippen molar-refractivity contribution in [1.29, 1.82) is 0 Å². The Morgan fingerprint density at radius 2 is 2.17 bits per heavy atom. The SMILES string of the molecule is CCCc1nc(C)c(C(=O)NCC2CCCOC2C(C)(C)C)s1. The predicted octanol–water partition coefficient (Wildman–Crippen LogP) is 3.98. The summed E-state index contributed by atoms with van der Waals surface area (Å²) in [5.41, 5.74) is 0.952. The van der Waals surface area contributed by atoms with Crippen LogP contribution in [-0.4, -0.2) is 30.1 Å². The van der Waals surface area contributed by atoms with E-state index in [1.165, 1.54) is 11.3 Å². The van der Waals surface area contributed by atoms with Crippen molar-refractivity contribution < 1.29 is 9.53 Å². The first-order valence-corrected chi connectivity index (χ1v) is 9.50. The predicted molar refractivity (Wildman–Crippen MR) is 95.1 cm³/mol. The third-order valence-electron chi connectivity index (χ3n) is 4.33. The minimum Gasteiger partial charge on any atom is -0.377 e. The number of amides is 1. The van der Waals surface area contributed by atoms with Gasteiger partial charge in [-0.25, -0.2) is 4.98 Å². The molecule has 1 aromatic heterocycles. The highest BCUT2D eigenvalue weighted by atomic mass is 32.1. The molecule has 4 nitrogen and oxygen atoms in total. The minimum atomic E-state index is 0.0144. The van der Waals surface area contributed by atoms with Gasteiger partial charge < -0.3 is 10.1 Å². The van der Waals surface area contributed by atoms with Gasteiger partial charge in [0, 0.05) is 19.1 Å². The molecule has 0 bridgehead atoms. The van der Waals surface area contributed by atoms with Crippen molar-refractivity contribution in [3.05, 3.63) is 15.6 Å². The molecular formula is C18H30N2O2S. The van der Waals surface area contributed by atoms with Gasteiger partial charge in [-0.3, -0.25) is 4.79 Å². The van der Waals surface area contributed by atoms with Crippen molar-refractivity contribution >= 4 is 17.2 Å². The summed E-state index contributed by atoms with van der Waals surface area (Å²) in [5, 5.41) is 4.18. The Balaban J connectivity index is 1.97. The molecule has 1 saturated heterocycles. The van der Waals surface area contributed by atoms with Gasteiger partial charge in [-0.1, -0.05) is 27.7 Å². The lowest BCUT2D eigenvalue weighted by molar-refractivity contribution is -0.0839. The molecule has 0 aromatic carbocycles. The van der Waals surface area contributed by atoms with Crippen molar-refractivity contribution in [1.82, 2.24) is 10.3 Å². The van der Waals surface area contributed by atoms with E-state index in [4.69, 9.17) is 4.74 Å². The molecule has 0 spiro atoms. The molecule has 1 aliphatic rings. The molecular weight excluding hydrogens is 308 g/mol. The molecule has 0 saturated carbocycles. The van der Waals surface area contributed by atoms with E-state index in [0.717, 1.165) is 47.9 Å². The summed E-state index contributed by atoms with van der Waals surface area (Å²) in [4.78, 5) is 17.8. The lowest BCUT2D eigenvalue weighted by Gasteiger charge is -2.40. The van der Waals surface area contributed by atoms with Gasteiger partial charge in [-0.15, -0.1) is 11.3 Å². The number of aryl methyl sites for hydroxylation is 2. The van der Waals surface area contributed by atoms with Crippen molar-refractivity contribution in [2.45, 2.75) is 66.4 Å². The molecule has 1 N–H and O–H groups in total. The van der Waals surface area contributed by atoms with Crippen molar-refractivity contribution in [3.8, 4) is 0 Å². The summed E-state index contributed by atoms with van der Waals surface area (Å²) in [6.45, 7) is 12.2. The molecule has 1 amide bonds. The van der Waals surface area contributed by atoms with E-state index in [9.17, 15) is 4.79 Å². The number of aromatic nitrogens is 1. The molecule has 23 heavy (non-hydrogen) atoms. The fraction of sp³-hybridized carbons (Fsp3) is 0.778. The minimum absolute atomic E-state index is 0.0144. The number of thiazole rings is 1. The summed E-state index contributed by atoms with van der Waals surface area (Å²) < 4.78 is 5.99. The van der Waals surface area contributed by atoms with Crippen LogP contribution in [0.25, 0.3) is 0 Å². The first-order chi connectivity index (χ1) is 10.8. The number of rotatable bonds is 5. The number of hydrogen-bond donors (Lipinski definition) is 1. The number of ether oxygens (including phenoxy) is 1. The fourth-order valence-corrected chi connectivity index (χ4v) is 4.38. The number of nitrogens with zero attached hydrogens (tertiary/aromatic N) is 1. The van der Waals surface area contributed by atoms with Crippen molar-refractivity contribution in [2.75, 3.05) is 13.2 Å². The zero-order valence-electron chi connectivity index (χ0n) is 15.1. The van der Waals surface area contributed by atoms with E-state index in [-0.39, 0.29) is 17.4 Å². The number of carbonyl (C=O) groups is 1. The third kappa shape index (κ3) is 4.77. The molecule has 130 valence electrons. The van der Waals surface area contributed by atoms with Crippen molar-refractivity contribution in [2.24, 2.45) is 11.3 Å². The maximum Gasteiger partial charge on any atom is 0.263 e. The van der Waals surface area contributed by atoms with Crippen LogP contribution in [0.2, 0.25) is 0 Å². The average Bonchev–Trinajstić information content (AvgIpc) is 2.85. The van der Waals surface area contributed by atoms with Gasteiger partial charge in [-0.05, 0) is 38.0 Å². The summed E-state index contributed by atoms with van der Waals surface area (Å²) in [6, 6.07) is 0. The molecule has 5 heteroatoms. The Labute approximate surface area is 144 Å². The van der Waals surface area contributed by atoms with E-state index < -0.39 is 0 Å². The van der Waals surface area contributed by atoms with Gasteiger partial charge in [0.15, 0.2) is 0 Å². The first-order valence-electron chi connectivity index (χ1n) is 8.69. The van der Waals surface area contributed by atoms with Crippen LogP contribution < -0.4 is 5.32 Å². The fourth-order valence-electron chi connectivity index (χ4n) is 3.30. The highest BCUT2D eigenvalue weighted by molar-refractivity contribution is 7.13. The average molecular weight is 339 g/mol. The second-order valence-electron chi connectivity index (χ2n) is 7.54. The zero-order chi connectivity index (χ0) is 17.0. The van der Waals surface area contributed by atoms with Crippen LogP contribution >= 0.6 is 11.3 Å². The Kier molecular flexibility index (Phi) is 6.20. The van der Waals surface area contributed by atoms with Crippen LogP contribution in [0.3, 0.4) is 0 Å². The van der Waals surface area contributed by atoms with Gasteiger partial charge in [-0.2, -0.15) is 0 Å². The summed E-state index contributed by atoms with van der Waals surface area (Å²) in [5.74, 6) is 0.400. The highest BCUT2D eigenvalue weighted by Crippen LogP contribution is 2.33. The van der Waals surface area contributed by atoms with Crippen LogP contribution in [0.15, 0.2) is 0 Å². The van der Waals surface area contributed by atoms with Crippen LogP contribution in [0.4, 0.5) is 0 Å². The van der Waals surface area contributed by atoms with E-state index in [1.54, 1.807) is 0 Å². The number of nitrogens with one attached hydrogen (secondary N) is 1. The normalized spacial score (nSPS) is 22.1. The Hall–Kier alpha value is -0.940. The first kappa shape index (κ1) is 18.4. The van der Waals surface area contributed by atoms with Crippen LogP contribution in [0.1, 0.15) is 67.3 Å². The number of hydrogen-bond acceptors (Lipinski definition) is 4. The third-order valence-corrected chi connectivity index (χ3v) is 5.55. The smallest absolute Gasteiger partial charge is 0.263 e. The molecule has 2 unspecified atom stereocenters. The lowest BCUT2D eigenvalue weighted by atomic mass is 9.78. The van der Waals surface area contributed by atoms with Gasteiger partial charge in [0.2, 0.25) is 0 Å². The molecule has 0 aliphatic carbocycles. The van der Waals surface area contributed by atoms with Crippen molar-refractivity contribution in [3.63, 3.8) is 0 Å². The van der Waals surface area contributed by atoms with Gasteiger partial charge in [0.25, 0.3) is 5.91 Å². The molecule has 1 aliphatic heterocycles. The van der Waals surface area contributed by atoms with Gasteiger partial charge in [0.05, 0.1) is 16.8 Å². The Morgan fingerprint density at radius 3 is 2.83 bits per heavy atom. The van der Waals surface area contributed by atoms with E-state index in [2.05, 4.69) is 38.0 Å². The maximum atomic E-state index is 12.5. The molecule has 0 radical (unpaired) electrons. The molecule has 2 atom stereocenters. The Bertz CT molecular complexity index is 534. The van der Waals surface area contributed by atoms with Gasteiger partial charge in [0.1, 0.15) is 4.88 Å². The number of carbonyl (C=O) groups excluding carboxylic acids is 1. The van der Waals surface area contributed by atoms with E-state index >= 15 is 0 Å². The summed E-state index contributed by atoms with van der Waals surface area (Å²) in [6.07, 6.45) is 4.40. The largest absolute Gasteiger partial charge is 0.377 e. The highest BCUT2D eigenvalue weighted by Gasteiger charge is 2.35. The zero-order valence-corrected chi connectivity index (χ0v) is 15.9. The van der Waals surface area contributed by atoms with E-state index in [1.807, 2.05) is 6.92 Å². The Morgan fingerprint density at radius 1 is 1.43 bits per heavy atom. The van der Waals surface area contributed by atoms with Crippen LogP contribution in [0, 0.1) is 18.3 Å². The molecule has 1 aromatic rings. The quantitative estimate of drug-likeness (QED) is 0.883. The molecule has 2 heterocycles. The van der Waals surface area contributed by atoms with Gasteiger partial charge >= 0.3 is 0 Å². The second-order valence-corrected chi connectivity index (χ2v) is 8.63. The second kappa shape index (κ2) is 7.75. The topological polar surface area (TPSA) is 51.2 Å². The summed E-state index contributed by atoms with van der Waals surface area (Å²) >= 11 is 1.53. The maximum absolute atomic E-state index is 12.5. The summed E-state index contributed by atoms with van der Waals surface area (Å²) in [7, 11) is 0.